The number of rotatable bonds is 6. The molecule has 0 saturated carbocycles. The highest BCUT2D eigenvalue weighted by Gasteiger charge is 2.23. The van der Waals surface area contributed by atoms with Crippen molar-refractivity contribution < 1.29 is 9.90 Å². The molecule has 1 amide bonds. The van der Waals surface area contributed by atoms with Crippen LogP contribution in [-0.2, 0) is 5.54 Å². The number of carbonyl (C=O) groups is 1. The zero-order valence-corrected chi connectivity index (χ0v) is 15.0. The quantitative estimate of drug-likeness (QED) is 0.849. The number of hydrogen-bond acceptors (Lipinski definition) is 3. The normalized spacial score (nSPS) is 13.7. The molecule has 0 bridgehead atoms. The van der Waals surface area contributed by atoms with E-state index in [0.717, 1.165) is 5.69 Å². The third kappa shape index (κ3) is 4.83. The third-order valence-electron chi connectivity index (χ3n) is 3.69. The van der Waals surface area contributed by atoms with Gasteiger partial charge in [-0.1, -0.05) is 27.7 Å². The van der Waals surface area contributed by atoms with Gasteiger partial charge in [0.15, 0.2) is 0 Å². The Balaban J connectivity index is 2.78. The van der Waals surface area contributed by atoms with Gasteiger partial charge in [-0.3, -0.25) is 9.48 Å². The summed E-state index contributed by atoms with van der Waals surface area (Å²) in [6.07, 6.45) is 0.166. The Bertz CT molecular complexity index is 498. The Morgan fingerprint density at radius 1 is 1.32 bits per heavy atom. The minimum absolute atomic E-state index is 0.161. The monoisotopic (exact) mass is 309 g/mol. The Labute approximate surface area is 134 Å². The Kier molecular flexibility index (Phi) is 6.17. The van der Waals surface area contributed by atoms with Crippen LogP contribution < -0.4 is 5.32 Å². The van der Waals surface area contributed by atoms with Crippen molar-refractivity contribution in [1.29, 1.82) is 0 Å². The second kappa shape index (κ2) is 7.27. The SMILES string of the molecule is CC(C)c1cc(C(=O)NCCC(O)C(C)C)nn1C(C)(C)C. The molecule has 1 aromatic rings. The van der Waals surface area contributed by atoms with Crippen molar-refractivity contribution in [3.63, 3.8) is 0 Å². The summed E-state index contributed by atoms with van der Waals surface area (Å²) >= 11 is 0. The van der Waals surface area contributed by atoms with Gasteiger partial charge in [0.1, 0.15) is 5.69 Å². The van der Waals surface area contributed by atoms with E-state index in [-0.39, 0.29) is 17.4 Å². The number of aliphatic hydroxyl groups is 1. The van der Waals surface area contributed by atoms with Crippen LogP contribution in [0.25, 0.3) is 0 Å². The summed E-state index contributed by atoms with van der Waals surface area (Å²) in [6.45, 7) is 14.8. The second-order valence-corrected chi connectivity index (χ2v) is 7.55. The lowest BCUT2D eigenvalue weighted by Gasteiger charge is -2.23. The molecule has 1 unspecified atom stereocenters. The fraction of sp³-hybridized carbons (Fsp3) is 0.765. The summed E-state index contributed by atoms with van der Waals surface area (Å²) in [5.74, 6) is 0.321. The number of amides is 1. The molecule has 0 aromatic carbocycles. The third-order valence-corrected chi connectivity index (χ3v) is 3.69. The topological polar surface area (TPSA) is 67.2 Å². The lowest BCUT2D eigenvalue weighted by Crippen LogP contribution is -2.30. The number of aliphatic hydroxyl groups excluding tert-OH is 1. The molecule has 5 heteroatoms. The number of aromatic nitrogens is 2. The van der Waals surface area contributed by atoms with Crippen molar-refractivity contribution in [2.45, 2.75) is 72.4 Å². The summed E-state index contributed by atoms with van der Waals surface area (Å²) in [5, 5.41) is 17.1. The predicted octanol–water partition coefficient (Wildman–Crippen LogP) is 2.90. The Hall–Kier alpha value is -1.36. The van der Waals surface area contributed by atoms with E-state index in [0.29, 0.717) is 24.6 Å². The zero-order chi connectivity index (χ0) is 17.1. The summed E-state index contributed by atoms with van der Waals surface area (Å²) in [5.41, 5.74) is 1.34. The van der Waals surface area contributed by atoms with Crippen molar-refractivity contribution in [2.75, 3.05) is 6.54 Å². The Morgan fingerprint density at radius 3 is 2.32 bits per heavy atom. The summed E-state index contributed by atoms with van der Waals surface area (Å²) < 4.78 is 1.93. The molecule has 1 heterocycles. The van der Waals surface area contributed by atoms with Crippen LogP contribution in [0.4, 0.5) is 0 Å². The molecule has 2 N–H and O–H groups in total. The molecule has 0 aliphatic rings. The maximum absolute atomic E-state index is 12.2. The van der Waals surface area contributed by atoms with Gasteiger partial charge in [0.05, 0.1) is 11.6 Å². The van der Waals surface area contributed by atoms with Crippen LogP contribution in [0.1, 0.15) is 77.0 Å². The van der Waals surface area contributed by atoms with Gasteiger partial charge in [0.2, 0.25) is 0 Å². The molecule has 1 aromatic heterocycles. The average Bonchev–Trinajstić information content (AvgIpc) is 2.83. The van der Waals surface area contributed by atoms with Gasteiger partial charge in [-0.25, -0.2) is 0 Å². The van der Waals surface area contributed by atoms with Crippen molar-refractivity contribution in [1.82, 2.24) is 15.1 Å². The molecule has 0 aliphatic heterocycles. The van der Waals surface area contributed by atoms with E-state index in [1.54, 1.807) is 0 Å². The number of nitrogens with zero attached hydrogens (tertiary/aromatic N) is 2. The van der Waals surface area contributed by atoms with Crippen LogP contribution in [0.3, 0.4) is 0 Å². The van der Waals surface area contributed by atoms with Gasteiger partial charge in [-0.15, -0.1) is 0 Å². The minimum Gasteiger partial charge on any atom is -0.393 e. The first-order valence-corrected chi connectivity index (χ1v) is 8.10. The second-order valence-electron chi connectivity index (χ2n) is 7.55. The Morgan fingerprint density at radius 2 is 1.91 bits per heavy atom. The number of nitrogens with one attached hydrogen (secondary N) is 1. The molecule has 5 nitrogen and oxygen atoms in total. The predicted molar refractivity (Wildman–Crippen MR) is 89.1 cm³/mol. The maximum atomic E-state index is 12.2. The molecule has 0 saturated heterocycles. The molecule has 1 rings (SSSR count). The van der Waals surface area contributed by atoms with E-state index >= 15 is 0 Å². The van der Waals surface area contributed by atoms with Gasteiger partial charge in [-0.2, -0.15) is 5.10 Å². The lowest BCUT2D eigenvalue weighted by atomic mass is 10.0. The van der Waals surface area contributed by atoms with Crippen LogP contribution in [0, 0.1) is 5.92 Å². The number of hydrogen-bond donors (Lipinski definition) is 2. The molecule has 1 atom stereocenters. The zero-order valence-electron chi connectivity index (χ0n) is 15.0. The van der Waals surface area contributed by atoms with Crippen LogP contribution in [0.2, 0.25) is 0 Å². The molecule has 0 aliphatic carbocycles. The summed E-state index contributed by atoms with van der Waals surface area (Å²) in [7, 11) is 0. The molecule has 22 heavy (non-hydrogen) atoms. The highest BCUT2D eigenvalue weighted by molar-refractivity contribution is 5.92. The van der Waals surface area contributed by atoms with E-state index in [1.807, 2.05) is 24.6 Å². The lowest BCUT2D eigenvalue weighted by molar-refractivity contribution is 0.0914. The molecule has 0 spiro atoms. The van der Waals surface area contributed by atoms with Crippen molar-refractivity contribution >= 4 is 5.91 Å². The smallest absolute Gasteiger partial charge is 0.271 e. The van der Waals surface area contributed by atoms with Gasteiger partial charge in [0.25, 0.3) is 5.91 Å². The standard InChI is InChI=1S/C17H31N3O2/c1-11(2)14-10-13(19-20(14)17(5,6)7)16(22)18-9-8-15(21)12(3)4/h10-12,15,21H,8-9H2,1-7H3,(H,18,22). The van der Waals surface area contributed by atoms with Crippen LogP contribution in [0.15, 0.2) is 6.07 Å². The summed E-state index contributed by atoms with van der Waals surface area (Å²) in [6, 6.07) is 1.87. The fourth-order valence-corrected chi connectivity index (χ4v) is 2.21. The van der Waals surface area contributed by atoms with E-state index in [1.165, 1.54) is 0 Å². The molecular formula is C17H31N3O2. The highest BCUT2D eigenvalue weighted by atomic mass is 16.3. The maximum Gasteiger partial charge on any atom is 0.271 e. The van der Waals surface area contributed by atoms with E-state index in [9.17, 15) is 9.90 Å². The molecule has 0 fully saturated rings. The van der Waals surface area contributed by atoms with Crippen LogP contribution in [-0.4, -0.2) is 33.4 Å². The van der Waals surface area contributed by atoms with Crippen LogP contribution in [0.5, 0.6) is 0 Å². The van der Waals surface area contributed by atoms with E-state index in [4.69, 9.17) is 0 Å². The molecule has 126 valence electrons. The van der Waals surface area contributed by atoms with Crippen molar-refractivity contribution in [2.24, 2.45) is 5.92 Å². The summed E-state index contributed by atoms with van der Waals surface area (Å²) in [4.78, 5) is 12.2. The van der Waals surface area contributed by atoms with Crippen LogP contribution >= 0.6 is 0 Å². The van der Waals surface area contributed by atoms with E-state index < -0.39 is 6.10 Å². The van der Waals surface area contributed by atoms with Gasteiger partial charge < -0.3 is 10.4 Å². The van der Waals surface area contributed by atoms with Gasteiger partial charge in [-0.05, 0) is 45.1 Å². The van der Waals surface area contributed by atoms with Gasteiger partial charge in [0, 0.05) is 12.2 Å². The minimum atomic E-state index is -0.390. The molecule has 0 radical (unpaired) electrons. The first kappa shape index (κ1) is 18.7. The first-order chi connectivity index (χ1) is 10.0. The largest absolute Gasteiger partial charge is 0.393 e. The first-order valence-electron chi connectivity index (χ1n) is 8.10. The average molecular weight is 309 g/mol. The van der Waals surface area contributed by atoms with Gasteiger partial charge >= 0.3 is 0 Å². The highest BCUT2D eigenvalue weighted by Crippen LogP contribution is 2.23. The van der Waals surface area contributed by atoms with Crippen molar-refractivity contribution in [3.05, 3.63) is 17.5 Å². The van der Waals surface area contributed by atoms with Crippen molar-refractivity contribution in [3.8, 4) is 0 Å². The number of carbonyl (C=O) groups excluding carboxylic acids is 1. The molecular weight excluding hydrogens is 278 g/mol. The van der Waals surface area contributed by atoms with E-state index in [2.05, 4.69) is 45.0 Å². The fourth-order valence-electron chi connectivity index (χ4n) is 2.21.